The Labute approximate surface area is 173 Å². The largest absolute Gasteiger partial charge is 0.337 e. The molecule has 1 spiro atoms. The second-order valence-electron chi connectivity index (χ2n) is 9.25. The first-order valence-electron chi connectivity index (χ1n) is 10.7. The Morgan fingerprint density at radius 1 is 1.24 bits per heavy atom. The predicted octanol–water partition coefficient (Wildman–Crippen LogP) is 1.55. The number of hydrogen-bond acceptors (Lipinski definition) is 5. The molecule has 1 aliphatic carbocycles. The van der Waals surface area contributed by atoms with E-state index in [4.69, 9.17) is 0 Å². The third-order valence-electron chi connectivity index (χ3n) is 6.61. The average Bonchev–Trinajstić information content (AvgIpc) is 3.12. The third-order valence-corrected chi connectivity index (χ3v) is 8.36. The van der Waals surface area contributed by atoms with E-state index in [0.717, 1.165) is 24.2 Å². The summed E-state index contributed by atoms with van der Waals surface area (Å²) in [4.78, 5) is 41.3. The summed E-state index contributed by atoms with van der Waals surface area (Å²) in [6.07, 6.45) is 4.47. The quantitative estimate of drug-likeness (QED) is 0.648. The first kappa shape index (κ1) is 22.1. The molecule has 3 rings (SSSR count). The van der Waals surface area contributed by atoms with Crippen LogP contribution in [-0.2, 0) is 19.4 Å². The lowest BCUT2D eigenvalue weighted by atomic mass is 9.75. The zero-order valence-electron chi connectivity index (χ0n) is 17.6. The van der Waals surface area contributed by atoms with Gasteiger partial charge in [-0.25, -0.2) is 13.2 Å². The van der Waals surface area contributed by atoms with Crippen LogP contribution in [0.3, 0.4) is 0 Å². The van der Waals surface area contributed by atoms with Gasteiger partial charge in [-0.15, -0.1) is 0 Å². The molecule has 0 aromatic carbocycles. The van der Waals surface area contributed by atoms with Gasteiger partial charge >= 0.3 is 6.03 Å². The van der Waals surface area contributed by atoms with Crippen molar-refractivity contribution < 1.29 is 22.8 Å². The Balaban J connectivity index is 1.71. The van der Waals surface area contributed by atoms with Crippen LogP contribution in [0.25, 0.3) is 0 Å². The van der Waals surface area contributed by atoms with Crippen molar-refractivity contribution in [3.05, 3.63) is 0 Å². The standard InChI is InChI=1S/C20H33N3O5S/c1-4-15-5-8-20(9-6-15)18(25)23(19(26)21-20)12-17(24)22(11-14(2)3)16-7-10-29(27,28)13-16/h14-16H,4-13H2,1-3H3,(H,21,26)/t15?,16-,20?/m1/s1. The molecule has 2 aliphatic heterocycles. The van der Waals surface area contributed by atoms with Crippen molar-refractivity contribution in [3.8, 4) is 0 Å². The highest BCUT2D eigenvalue weighted by atomic mass is 32.2. The van der Waals surface area contributed by atoms with Crippen molar-refractivity contribution in [2.45, 2.75) is 70.9 Å². The molecule has 1 atom stereocenters. The van der Waals surface area contributed by atoms with Gasteiger partial charge in [-0.3, -0.25) is 14.5 Å². The van der Waals surface area contributed by atoms with Crippen LogP contribution in [0, 0.1) is 11.8 Å². The van der Waals surface area contributed by atoms with Crippen molar-refractivity contribution in [1.82, 2.24) is 15.1 Å². The minimum Gasteiger partial charge on any atom is -0.337 e. The fraction of sp³-hybridized carbons (Fsp3) is 0.850. The Kier molecular flexibility index (Phi) is 6.27. The number of hydrogen-bond donors (Lipinski definition) is 1. The topological polar surface area (TPSA) is 104 Å². The summed E-state index contributed by atoms with van der Waals surface area (Å²) in [5.41, 5.74) is -0.872. The summed E-state index contributed by atoms with van der Waals surface area (Å²) >= 11 is 0. The molecule has 8 nitrogen and oxygen atoms in total. The lowest BCUT2D eigenvalue weighted by molar-refractivity contribution is -0.141. The average molecular weight is 428 g/mol. The summed E-state index contributed by atoms with van der Waals surface area (Å²) in [7, 11) is -3.14. The van der Waals surface area contributed by atoms with E-state index in [-0.39, 0.29) is 41.8 Å². The fourth-order valence-corrected chi connectivity index (χ4v) is 6.56. The first-order chi connectivity index (χ1) is 13.6. The molecule has 2 heterocycles. The van der Waals surface area contributed by atoms with Crippen molar-refractivity contribution in [3.63, 3.8) is 0 Å². The second-order valence-corrected chi connectivity index (χ2v) is 11.5. The van der Waals surface area contributed by atoms with Crippen molar-refractivity contribution in [2.75, 3.05) is 24.6 Å². The van der Waals surface area contributed by atoms with Crippen LogP contribution in [0.2, 0.25) is 0 Å². The number of imide groups is 1. The number of nitrogens with zero attached hydrogens (tertiary/aromatic N) is 2. The van der Waals surface area contributed by atoms with E-state index in [2.05, 4.69) is 12.2 Å². The SMILES string of the molecule is CCC1CCC2(CC1)NC(=O)N(CC(=O)N(CC(C)C)[C@@H]1CCS(=O)(=O)C1)C2=O. The molecule has 9 heteroatoms. The number of nitrogens with one attached hydrogen (secondary N) is 1. The Morgan fingerprint density at radius 3 is 2.41 bits per heavy atom. The molecule has 4 amide bonds. The van der Waals surface area contributed by atoms with E-state index in [9.17, 15) is 22.8 Å². The minimum absolute atomic E-state index is 0.0477. The third kappa shape index (κ3) is 4.59. The van der Waals surface area contributed by atoms with Gasteiger partial charge in [0.05, 0.1) is 11.5 Å². The smallest absolute Gasteiger partial charge is 0.325 e. The van der Waals surface area contributed by atoms with E-state index in [1.54, 1.807) is 4.90 Å². The minimum atomic E-state index is -3.14. The normalized spacial score (nSPS) is 31.5. The molecule has 3 aliphatic rings. The maximum atomic E-state index is 13.1. The van der Waals surface area contributed by atoms with Gasteiger partial charge in [0.2, 0.25) is 5.91 Å². The lowest BCUT2D eigenvalue weighted by Gasteiger charge is -2.35. The molecule has 1 saturated carbocycles. The number of amides is 4. The molecule has 0 unspecified atom stereocenters. The Morgan fingerprint density at radius 2 is 1.90 bits per heavy atom. The maximum Gasteiger partial charge on any atom is 0.325 e. The fourth-order valence-electron chi connectivity index (χ4n) is 4.83. The molecular formula is C20H33N3O5S. The van der Waals surface area contributed by atoms with Gasteiger partial charge in [0.25, 0.3) is 5.91 Å². The maximum absolute atomic E-state index is 13.1. The van der Waals surface area contributed by atoms with Gasteiger partial charge in [-0.05, 0) is 43.9 Å². The summed E-state index contributed by atoms with van der Waals surface area (Å²) in [5.74, 6) is 0.0867. The number of carbonyl (C=O) groups is 3. The highest BCUT2D eigenvalue weighted by molar-refractivity contribution is 7.91. The van der Waals surface area contributed by atoms with Crippen LogP contribution in [0.5, 0.6) is 0 Å². The van der Waals surface area contributed by atoms with Crippen LogP contribution in [0.15, 0.2) is 0 Å². The van der Waals surface area contributed by atoms with E-state index >= 15 is 0 Å². The van der Waals surface area contributed by atoms with Gasteiger partial charge in [-0.1, -0.05) is 27.2 Å². The molecular weight excluding hydrogens is 394 g/mol. The highest BCUT2D eigenvalue weighted by Gasteiger charge is 2.53. The van der Waals surface area contributed by atoms with Crippen LogP contribution in [0.4, 0.5) is 4.79 Å². The van der Waals surface area contributed by atoms with Gasteiger partial charge in [-0.2, -0.15) is 0 Å². The zero-order chi connectivity index (χ0) is 21.4. The number of urea groups is 1. The molecule has 0 bridgehead atoms. The molecule has 3 fully saturated rings. The molecule has 2 saturated heterocycles. The molecule has 1 N–H and O–H groups in total. The monoisotopic (exact) mass is 427 g/mol. The van der Waals surface area contributed by atoms with Gasteiger partial charge in [0, 0.05) is 12.6 Å². The number of rotatable bonds is 6. The summed E-state index contributed by atoms with van der Waals surface area (Å²) in [5, 5.41) is 2.85. The highest BCUT2D eigenvalue weighted by Crippen LogP contribution is 2.37. The molecule has 164 valence electrons. The lowest BCUT2D eigenvalue weighted by Crippen LogP contribution is -2.51. The summed E-state index contributed by atoms with van der Waals surface area (Å²) in [6.45, 7) is 6.13. The molecule has 0 radical (unpaired) electrons. The van der Waals surface area contributed by atoms with Gasteiger partial charge in [0.15, 0.2) is 9.84 Å². The van der Waals surface area contributed by atoms with E-state index in [0.29, 0.717) is 31.7 Å². The molecule has 0 aromatic heterocycles. The zero-order valence-corrected chi connectivity index (χ0v) is 18.5. The molecule has 29 heavy (non-hydrogen) atoms. The van der Waals surface area contributed by atoms with Crippen LogP contribution in [-0.4, -0.2) is 72.2 Å². The van der Waals surface area contributed by atoms with Gasteiger partial charge < -0.3 is 10.2 Å². The van der Waals surface area contributed by atoms with Gasteiger partial charge in [0.1, 0.15) is 12.1 Å². The van der Waals surface area contributed by atoms with E-state index in [1.807, 2.05) is 13.8 Å². The second kappa shape index (κ2) is 8.24. The van der Waals surface area contributed by atoms with Crippen LogP contribution in [0.1, 0.15) is 59.3 Å². The first-order valence-corrected chi connectivity index (χ1v) is 12.5. The summed E-state index contributed by atoms with van der Waals surface area (Å²) in [6, 6.07) is -0.897. The number of sulfone groups is 1. The van der Waals surface area contributed by atoms with Crippen molar-refractivity contribution in [2.24, 2.45) is 11.8 Å². The van der Waals surface area contributed by atoms with Crippen LogP contribution >= 0.6 is 0 Å². The predicted molar refractivity (Wildman–Crippen MR) is 109 cm³/mol. The van der Waals surface area contributed by atoms with E-state index in [1.165, 1.54) is 0 Å². The Hall–Kier alpha value is -1.64. The van der Waals surface area contributed by atoms with E-state index < -0.39 is 21.4 Å². The molecule has 0 aromatic rings. The summed E-state index contributed by atoms with van der Waals surface area (Å²) < 4.78 is 23.8. The van der Waals surface area contributed by atoms with Crippen LogP contribution < -0.4 is 5.32 Å². The Bertz CT molecular complexity index is 771. The van der Waals surface area contributed by atoms with Crippen molar-refractivity contribution >= 4 is 27.7 Å². The number of carbonyl (C=O) groups excluding carboxylic acids is 3. The van der Waals surface area contributed by atoms with Crippen molar-refractivity contribution in [1.29, 1.82) is 0 Å².